The second-order valence-electron chi connectivity index (χ2n) is 7.43. The third-order valence-corrected chi connectivity index (χ3v) is 5.28. The van der Waals surface area contributed by atoms with Crippen LogP contribution in [-0.2, 0) is 0 Å². The Bertz CT molecular complexity index is 1160. The van der Waals surface area contributed by atoms with Crippen LogP contribution in [0.2, 0.25) is 0 Å². The van der Waals surface area contributed by atoms with Crippen LogP contribution >= 0.6 is 0 Å². The van der Waals surface area contributed by atoms with Gasteiger partial charge >= 0.3 is 0 Å². The summed E-state index contributed by atoms with van der Waals surface area (Å²) in [7, 11) is 0. The summed E-state index contributed by atoms with van der Waals surface area (Å²) in [5, 5.41) is 4.12. The third-order valence-electron chi connectivity index (χ3n) is 5.28. The first-order chi connectivity index (χ1) is 13.0. The van der Waals surface area contributed by atoms with E-state index in [0.717, 1.165) is 62.1 Å². The number of nitrogens with one attached hydrogen (secondary N) is 1. The van der Waals surface area contributed by atoms with Crippen LogP contribution in [0, 0.1) is 27.7 Å². The summed E-state index contributed by atoms with van der Waals surface area (Å²) in [6.07, 6.45) is 4.31. The topological polar surface area (TPSA) is 80.5 Å². The molecule has 1 fully saturated rings. The first-order valence-electron chi connectivity index (χ1n) is 9.29. The van der Waals surface area contributed by atoms with E-state index in [0.29, 0.717) is 5.92 Å². The van der Waals surface area contributed by atoms with Crippen molar-refractivity contribution in [3.05, 3.63) is 47.1 Å². The Labute approximate surface area is 157 Å². The molecule has 4 aromatic rings. The molecule has 1 N–H and O–H groups in total. The molecule has 136 valence electrons. The molecule has 0 radical (unpaired) electrons. The normalized spacial score (nSPS) is 14.2. The lowest BCUT2D eigenvalue weighted by atomic mass is 9.96. The molecule has 1 saturated carbocycles. The van der Waals surface area contributed by atoms with Gasteiger partial charge in [-0.05, 0) is 58.2 Å². The van der Waals surface area contributed by atoms with Gasteiger partial charge in [-0.15, -0.1) is 0 Å². The van der Waals surface area contributed by atoms with Gasteiger partial charge < -0.3 is 9.51 Å². The average molecular weight is 359 g/mol. The highest BCUT2D eigenvalue weighted by Gasteiger charge is 2.28. The number of aromatic nitrogens is 5. The maximum atomic E-state index is 5.40. The Morgan fingerprint density at radius 3 is 2.48 bits per heavy atom. The Hall–Kier alpha value is -3.02. The monoisotopic (exact) mass is 359 g/mol. The second kappa shape index (κ2) is 5.74. The van der Waals surface area contributed by atoms with Crippen LogP contribution < -0.4 is 0 Å². The highest BCUT2D eigenvalue weighted by Crippen LogP contribution is 2.42. The van der Waals surface area contributed by atoms with Crippen molar-refractivity contribution in [1.82, 2.24) is 25.1 Å². The van der Waals surface area contributed by atoms with Crippen LogP contribution in [0.4, 0.5) is 0 Å². The predicted octanol–water partition coefficient (Wildman–Crippen LogP) is 4.79. The second-order valence-corrected chi connectivity index (χ2v) is 7.43. The standard InChI is InChI=1S/C21H21N5O/c1-10-17(9-22-13(4)23-10)16-7-15(19-11(2)26-27-12(19)3)8-18-20(16)25-21(24-18)14-5-6-14/h7-9,14H,5-6H2,1-4H3,(H,24,25). The number of aryl methyl sites for hydroxylation is 4. The number of hydrogen-bond donors (Lipinski definition) is 1. The zero-order valence-electron chi connectivity index (χ0n) is 15.9. The Balaban J connectivity index is 1.81. The minimum Gasteiger partial charge on any atom is -0.361 e. The van der Waals surface area contributed by atoms with Crippen molar-refractivity contribution in [2.75, 3.05) is 0 Å². The van der Waals surface area contributed by atoms with Crippen molar-refractivity contribution in [1.29, 1.82) is 0 Å². The van der Waals surface area contributed by atoms with Gasteiger partial charge in [-0.1, -0.05) is 5.16 Å². The lowest BCUT2D eigenvalue weighted by Crippen LogP contribution is -1.95. The Morgan fingerprint density at radius 2 is 1.81 bits per heavy atom. The number of imidazole rings is 1. The van der Waals surface area contributed by atoms with Crippen molar-refractivity contribution in [3.8, 4) is 22.3 Å². The van der Waals surface area contributed by atoms with Gasteiger partial charge in [0.25, 0.3) is 0 Å². The van der Waals surface area contributed by atoms with Gasteiger partial charge in [0.2, 0.25) is 0 Å². The summed E-state index contributed by atoms with van der Waals surface area (Å²) in [6, 6.07) is 4.31. The fourth-order valence-electron chi connectivity index (χ4n) is 3.78. The summed E-state index contributed by atoms with van der Waals surface area (Å²) >= 11 is 0. The highest BCUT2D eigenvalue weighted by molar-refractivity contribution is 5.96. The maximum Gasteiger partial charge on any atom is 0.141 e. The van der Waals surface area contributed by atoms with Crippen molar-refractivity contribution < 1.29 is 4.52 Å². The molecule has 5 rings (SSSR count). The number of hydrogen-bond acceptors (Lipinski definition) is 5. The van der Waals surface area contributed by atoms with E-state index in [-0.39, 0.29) is 0 Å². The largest absolute Gasteiger partial charge is 0.361 e. The smallest absolute Gasteiger partial charge is 0.141 e. The van der Waals surface area contributed by atoms with E-state index >= 15 is 0 Å². The number of benzene rings is 1. The summed E-state index contributed by atoms with van der Waals surface area (Å²) in [5.74, 6) is 3.22. The molecular weight excluding hydrogens is 338 g/mol. The van der Waals surface area contributed by atoms with E-state index in [1.807, 2.05) is 33.9 Å². The maximum absolute atomic E-state index is 5.40. The van der Waals surface area contributed by atoms with Crippen molar-refractivity contribution in [3.63, 3.8) is 0 Å². The molecule has 6 heteroatoms. The Kier molecular flexibility index (Phi) is 3.44. The third kappa shape index (κ3) is 2.63. The molecule has 0 aliphatic heterocycles. The first kappa shape index (κ1) is 16.2. The molecular formula is C21H21N5O. The number of fused-ring (bicyclic) bond motifs is 1. The molecule has 0 saturated heterocycles. The fourth-order valence-corrected chi connectivity index (χ4v) is 3.78. The summed E-state index contributed by atoms with van der Waals surface area (Å²) in [4.78, 5) is 17.5. The van der Waals surface area contributed by atoms with Gasteiger partial charge in [-0.2, -0.15) is 0 Å². The average Bonchev–Trinajstić information content (AvgIpc) is 3.30. The number of rotatable bonds is 3. The van der Waals surface area contributed by atoms with Crippen LogP contribution in [0.25, 0.3) is 33.3 Å². The van der Waals surface area contributed by atoms with Gasteiger partial charge in [0.05, 0.1) is 16.7 Å². The molecule has 3 heterocycles. The molecule has 1 aliphatic carbocycles. The molecule has 0 spiro atoms. The highest BCUT2D eigenvalue weighted by atomic mass is 16.5. The quantitative estimate of drug-likeness (QED) is 0.569. The molecule has 27 heavy (non-hydrogen) atoms. The Morgan fingerprint density at radius 1 is 1.00 bits per heavy atom. The molecule has 0 unspecified atom stereocenters. The van der Waals surface area contributed by atoms with E-state index in [9.17, 15) is 0 Å². The molecule has 3 aromatic heterocycles. The van der Waals surface area contributed by atoms with Crippen LogP contribution in [0.5, 0.6) is 0 Å². The van der Waals surface area contributed by atoms with E-state index in [2.05, 4.69) is 32.2 Å². The van der Waals surface area contributed by atoms with E-state index in [1.165, 1.54) is 12.8 Å². The molecule has 0 bridgehead atoms. The van der Waals surface area contributed by atoms with E-state index in [4.69, 9.17) is 9.51 Å². The van der Waals surface area contributed by atoms with Crippen molar-refractivity contribution >= 4 is 11.0 Å². The fraction of sp³-hybridized carbons (Fsp3) is 0.333. The SMILES string of the molecule is Cc1ncc(-c2cc(-c3c(C)noc3C)cc3[nH]c(C4CC4)nc23)c(C)n1. The molecule has 6 nitrogen and oxygen atoms in total. The zero-order chi connectivity index (χ0) is 18.7. The summed E-state index contributed by atoms with van der Waals surface area (Å²) < 4.78 is 5.40. The predicted molar refractivity (Wildman–Crippen MR) is 104 cm³/mol. The van der Waals surface area contributed by atoms with Gasteiger partial charge in [-0.3, -0.25) is 0 Å². The van der Waals surface area contributed by atoms with Crippen molar-refractivity contribution in [2.24, 2.45) is 0 Å². The van der Waals surface area contributed by atoms with Crippen molar-refractivity contribution in [2.45, 2.75) is 46.5 Å². The minimum absolute atomic E-state index is 0.558. The van der Waals surface area contributed by atoms with Gasteiger partial charge in [0, 0.05) is 34.5 Å². The summed E-state index contributed by atoms with van der Waals surface area (Å²) in [6.45, 7) is 7.85. The van der Waals surface area contributed by atoms with Crippen LogP contribution in [0.3, 0.4) is 0 Å². The minimum atomic E-state index is 0.558. The van der Waals surface area contributed by atoms with E-state index < -0.39 is 0 Å². The molecule has 1 aromatic carbocycles. The van der Waals surface area contributed by atoms with Gasteiger partial charge in [-0.25, -0.2) is 15.0 Å². The van der Waals surface area contributed by atoms with Crippen LogP contribution in [-0.4, -0.2) is 25.1 Å². The number of nitrogens with zero attached hydrogens (tertiary/aromatic N) is 4. The molecule has 0 amide bonds. The zero-order valence-corrected chi connectivity index (χ0v) is 15.9. The number of H-pyrrole nitrogens is 1. The van der Waals surface area contributed by atoms with Gasteiger partial charge in [0.15, 0.2) is 0 Å². The lowest BCUT2D eigenvalue weighted by Gasteiger charge is -2.09. The summed E-state index contributed by atoms with van der Waals surface area (Å²) in [5.41, 5.74) is 8.00. The van der Waals surface area contributed by atoms with Crippen LogP contribution in [0.15, 0.2) is 22.9 Å². The molecule has 1 aliphatic rings. The molecule has 0 atom stereocenters. The number of aromatic amines is 1. The lowest BCUT2D eigenvalue weighted by molar-refractivity contribution is 0.393. The van der Waals surface area contributed by atoms with Crippen LogP contribution in [0.1, 0.15) is 47.6 Å². The van der Waals surface area contributed by atoms with Gasteiger partial charge in [0.1, 0.15) is 17.4 Å². The van der Waals surface area contributed by atoms with E-state index in [1.54, 1.807) is 0 Å². The first-order valence-corrected chi connectivity index (χ1v) is 9.29.